The molecule has 8 heteroatoms. The zero-order valence-corrected chi connectivity index (χ0v) is 13.7. The monoisotopic (exact) mass is 338 g/mol. The fourth-order valence-corrected chi connectivity index (χ4v) is 2.84. The number of nitriles is 1. The lowest BCUT2D eigenvalue weighted by Crippen LogP contribution is -2.02. The Morgan fingerprint density at radius 1 is 1.40 bits per heavy atom. The van der Waals surface area contributed by atoms with Crippen LogP contribution in [-0.4, -0.2) is 33.7 Å². The number of ether oxygens (including phenoxy) is 1. The molecule has 0 spiro atoms. The third-order valence-electron chi connectivity index (χ3n) is 4.26. The number of halogens is 1. The van der Waals surface area contributed by atoms with Gasteiger partial charge in [-0.2, -0.15) is 10.4 Å². The summed E-state index contributed by atoms with van der Waals surface area (Å²) in [6.07, 6.45) is 5.40. The Hall–Kier alpha value is -3.21. The van der Waals surface area contributed by atoms with Gasteiger partial charge in [-0.15, -0.1) is 0 Å². The molecule has 25 heavy (non-hydrogen) atoms. The Labute approximate surface area is 143 Å². The molecule has 0 radical (unpaired) electrons. The van der Waals surface area contributed by atoms with Crippen molar-refractivity contribution in [3.05, 3.63) is 35.5 Å². The number of hydrogen-bond donors (Lipinski definition) is 1. The van der Waals surface area contributed by atoms with Gasteiger partial charge in [0.2, 0.25) is 0 Å². The third-order valence-corrected chi connectivity index (χ3v) is 4.26. The number of anilines is 1. The number of fused-ring (bicyclic) bond motifs is 1. The topological polar surface area (TPSA) is 88.1 Å². The Bertz CT molecular complexity index is 1020. The zero-order chi connectivity index (χ0) is 17.6. The van der Waals surface area contributed by atoms with E-state index in [1.807, 2.05) is 6.07 Å². The van der Waals surface area contributed by atoms with Crippen LogP contribution in [0.2, 0.25) is 0 Å². The molecule has 0 aromatic carbocycles. The zero-order valence-electron chi connectivity index (χ0n) is 13.7. The normalized spacial score (nSPS) is 13.7. The SMILES string of the molecule is CNc1nc(-c2cnn3cc(OC)c(C4CC4)nc23)c(F)cc1C#N. The van der Waals surface area contributed by atoms with Crippen molar-refractivity contribution in [2.45, 2.75) is 18.8 Å². The largest absolute Gasteiger partial charge is 0.493 e. The van der Waals surface area contributed by atoms with Crippen molar-refractivity contribution >= 4 is 11.5 Å². The molecule has 1 aliphatic carbocycles. The fraction of sp³-hybridized carbons (Fsp3) is 0.294. The van der Waals surface area contributed by atoms with Gasteiger partial charge in [-0.25, -0.2) is 18.9 Å². The van der Waals surface area contributed by atoms with Crippen molar-refractivity contribution in [2.24, 2.45) is 0 Å². The number of nitrogens with one attached hydrogen (secondary N) is 1. The summed E-state index contributed by atoms with van der Waals surface area (Å²) >= 11 is 0. The summed E-state index contributed by atoms with van der Waals surface area (Å²) in [7, 11) is 3.23. The first-order chi connectivity index (χ1) is 12.2. The van der Waals surface area contributed by atoms with Gasteiger partial charge in [0.25, 0.3) is 0 Å². The summed E-state index contributed by atoms with van der Waals surface area (Å²) in [5.74, 6) is 0.772. The first-order valence-electron chi connectivity index (χ1n) is 7.87. The first kappa shape index (κ1) is 15.3. The molecule has 4 rings (SSSR count). The van der Waals surface area contributed by atoms with Crippen molar-refractivity contribution in [3.8, 4) is 23.1 Å². The van der Waals surface area contributed by atoms with E-state index in [9.17, 15) is 4.39 Å². The van der Waals surface area contributed by atoms with Gasteiger partial charge in [-0.3, -0.25) is 0 Å². The van der Waals surface area contributed by atoms with E-state index in [0.717, 1.165) is 18.5 Å². The minimum atomic E-state index is -0.587. The smallest absolute Gasteiger partial charge is 0.165 e. The summed E-state index contributed by atoms with van der Waals surface area (Å²) in [6.45, 7) is 0. The van der Waals surface area contributed by atoms with E-state index in [2.05, 4.69) is 20.4 Å². The van der Waals surface area contributed by atoms with Gasteiger partial charge < -0.3 is 10.1 Å². The first-order valence-corrected chi connectivity index (χ1v) is 7.87. The van der Waals surface area contributed by atoms with Crippen LogP contribution >= 0.6 is 0 Å². The summed E-state index contributed by atoms with van der Waals surface area (Å²) < 4.78 is 21.5. The molecule has 0 aliphatic heterocycles. The highest BCUT2D eigenvalue weighted by Gasteiger charge is 2.30. The van der Waals surface area contributed by atoms with E-state index in [-0.39, 0.29) is 11.3 Å². The summed E-state index contributed by atoms with van der Waals surface area (Å²) in [5, 5.41) is 16.1. The Morgan fingerprint density at radius 3 is 2.84 bits per heavy atom. The molecule has 0 unspecified atom stereocenters. The van der Waals surface area contributed by atoms with Gasteiger partial charge in [0.05, 0.1) is 36.3 Å². The quantitative estimate of drug-likeness (QED) is 0.787. The molecule has 0 atom stereocenters. The third kappa shape index (κ3) is 2.45. The number of rotatable bonds is 4. The number of nitrogens with zero attached hydrogens (tertiary/aromatic N) is 5. The highest BCUT2D eigenvalue weighted by Crippen LogP contribution is 2.43. The molecule has 7 nitrogen and oxygen atoms in total. The fourth-order valence-electron chi connectivity index (χ4n) is 2.84. The lowest BCUT2D eigenvalue weighted by Gasteiger charge is -2.09. The lowest BCUT2D eigenvalue weighted by atomic mass is 10.1. The molecular formula is C17H15FN6O. The second kappa shape index (κ2) is 5.70. The highest BCUT2D eigenvalue weighted by atomic mass is 19.1. The van der Waals surface area contributed by atoms with Crippen LogP contribution in [0.25, 0.3) is 16.9 Å². The maximum absolute atomic E-state index is 14.5. The van der Waals surface area contributed by atoms with Crippen LogP contribution in [0.15, 0.2) is 18.5 Å². The Balaban J connectivity index is 1.93. The average Bonchev–Trinajstić information content (AvgIpc) is 3.40. The van der Waals surface area contributed by atoms with Gasteiger partial charge in [0.15, 0.2) is 17.2 Å². The standard InChI is InChI=1S/C17H15FN6O/c1-20-16-10(6-19)5-12(18)15(22-16)11-7-21-24-8-13(25-2)14(9-3-4-9)23-17(11)24/h5,7-9H,3-4H2,1-2H3,(H,20,22). The van der Waals surface area contributed by atoms with Gasteiger partial charge >= 0.3 is 0 Å². The van der Waals surface area contributed by atoms with Gasteiger partial charge in [-0.1, -0.05) is 0 Å². The molecule has 0 amide bonds. The number of aromatic nitrogens is 4. The van der Waals surface area contributed by atoms with Crippen molar-refractivity contribution in [3.63, 3.8) is 0 Å². The van der Waals surface area contributed by atoms with E-state index in [0.29, 0.717) is 28.7 Å². The molecule has 3 aromatic heterocycles. The number of pyridine rings is 1. The molecule has 1 fully saturated rings. The maximum Gasteiger partial charge on any atom is 0.165 e. The minimum Gasteiger partial charge on any atom is -0.493 e. The highest BCUT2D eigenvalue weighted by molar-refractivity contribution is 5.77. The van der Waals surface area contributed by atoms with Crippen molar-refractivity contribution in [1.29, 1.82) is 5.26 Å². The molecule has 1 N–H and O–H groups in total. The van der Waals surface area contributed by atoms with Gasteiger partial charge in [-0.05, 0) is 18.9 Å². The molecule has 3 heterocycles. The van der Waals surface area contributed by atoms with Crippen LogP contribution in [0, 0.1) is 17.1 Å². The number of methoxy groups -OCH3 is 1. The van der Waals surface area contributed by atoms with Crippen molar-refractivity contribution < 1.29 is 9.13 Å². The maximum atomic E-state index is 14.5. The van der Waals surface area contributed by atoms with E-state index >= 15 is 0 Å². The second-order valence-electron chi connectivity index (χ2n) is 5.87. The molecule has 1 saturated carbocycles. The molecule has 1 aliphatic rings. The number of hydrogen-bond acceptors (Lipinski definition) is 6. The molecule has 0 bridgehead atoms. The van der Waals surface area contributed by atoms with Crippen LogP contribution in [0.4, 0.5) is 10.2 Å². The van der Waals surface area contributed by atoms with Crippen LogP contribution in [0.1, 0.15) is 30.0 Å². The van der Waals surface area contributed by atoms with Crippen LogP contribution < -0.4 is 10.1 Å². The molecule has 126 valence electrons. The summed E-state index contributed by atoms with van der Waals surface area (Å²) in [4.78, 5) is 8.92. The van der Waals surface area contributed by atoms with Crippen LogP contribution in [0.3, 0.4) is 0 Å². The molecule has 0 saturated heterocycles. The second-order valence-corrected chi connectivity index (χ2v) is 5.87. The Morgan fingerprint density at radius 2 is 2.20 bits per heavy atom. The molecular weight excluding hydrogens is 323 g/mol. The summed E-state index contributed by atoms with van der Waals surface area (Å²) in [5.41, 5.74) is 2.11. The average molecular weight is 338 g/mol. The van der Waals surface area contributed by atoms with Crippen LogP contribution in [-0.2, 0) is 0 Å². The van der Waals surface area contributed by atoms with Gasteiger partial charge in [0.1, 0.15) is 17.6 Å². The van der Waals surface area contributed by atoms with E-state index in [1.165, 1.54) is 12.3 Å². The van der Waals surface area contributed by atoms with E-state index in [1.54, 1.807) is 24.9 Å². The predicted octanol–water partition coefficient (Wildman–Crippen LogP) is 2.73. The Kier molecular flexibility index (Phi) is 3.50. The van der Waals surface area contributed by atoms with Crippen molar-refractivity contribution in [2.75, 3.05) is 19.5 Å². The predicted molar refractivity (Wildman–Crippen MR) is 89.0 cm³/mol. The summed E-state index contributed by atoms with van der Waals surface area (Å²) in [6, 6.07) is 3.10. The minimum absolute atomic E-state index is 0.109. The van der Waals surface area contributed by atoms with Gasteiger partial charge in [0, 0.05) is 13.0 Å². The van der Waals surface area contributed by atoms with Crippen LogP contribution in [0.5, 0.6) is 5.75 Å². The molecule has 3 aromatic rings. The van der Waals surface area contributed by atoms with E-state index < -0.39 is 5.82 Å². The van der Waals surface area contributed by atoms with E-state index in [4.69, 9.17) is 10.00 Å². The lowest BCUT2D eigenvalue weighted by molar-refractivity contribution is 0.403. The van der Waals surface area contributed by atoms with Crippen molar-refractivity contribution in [1.82, 2.24) is 19.6 Å².